The van der Waals surface area contributed by atoms with Crippen molar-refractivity contribution in [3.8, 4) is 0 Å². The van der Waals surface area contributed by atoms with Crippen molar-refractivity contribution in [1.29, 1.82) is 0 Å². The Morgan fingerprint density at radius 3 is 2.11 bits per heavy atom. The van der Waals surface area contributed by atoms with Gasteiger partial charge in [0, 0.05) is 24.0 Å². The summed E-state index contributed by atoms with van der Waals surface area (Å²) in [6.07, 6.45) is 5.31. The lowest BCUT2D eigenvalue weighted by atomic mass is 9.94. The van der Waals surface area contributed by atoms with E-state index in [2.05, 4.69) is 5.32 Å². The minimum Gasteiger partial charge on any atom is -0.352 e. The third-order valence-corrected chi connectivity index (χ3v) is 10.9. The fourth-order valence-electron chi connectivity index (χ4n) is 5.97. The highest BCUT2D eigenvalue weighted by atomic mass is 35.5. The topological polar surface area (TPSA) is 86.8 Å². The molecule has 246 valence electrons. The van der Waals surface area contributed by atoms with Crippen molar-refractivity contribution < 1.29 is 18.0 Å². The summed E-state index contributed by atoms with van der Waals surface area (Å²) in [7, 11) is -4.19. The highest BCUT2D eigenvalue weighted by Gasteiger charge is 2.35. The van der Waals surface area contributed by atoms with Gasteiger partial charge in [-0.05, 0) is 67.6 Å². The number of aryl methyl sites for hydroxylation is 2. The normalized spacial score (nSPS) is 14.3. The number of amides is 2. The Hall–Kier alpha value is -4.14. The van der Waals surface area contributed by atoms with Crippen molar-refractivity contribution >= 4 is 39.1 Å². The Kier molecular flexibility index (Phi) is 11.4. The quantitative estimate of drug-likeness (QED) is 0.172. The number of rotatable bonds is 12. The van der Waals surface area contributed by atoms with E-state index in [9.17, 15) is 18.0 Å². The van der Waals surface area contributed by atoms with Crippen LogP contribution in [0.25, 0.3) is 0 Å². The molecule has 0 saturated heterocycles. The number of sulfonamides is 1. The molecule has 0 radical (unpaired) electrons. The van der Waals surface area contributed by atoms with Gasteiger partial charge in [0.15, 0.2) is 0 Å². The maximum absolute atomic E-state index is 14.7. The summed E-state index contributed by atoms with van der Waals surface area (Å²) in [6.45, 7) is 3.42. The lowest BCUT2D eigenvalue weighted by molar-refractivity contribution is -0.140. The van der Waals surface area contributed by atoms with Crippen LogP contribution in [0.3, 0.4) is 0 Å². The van der Waals surface area contributed by atoms with Crippen molar-refractivity contribution in [2.24, 2.45) is 0 Å². The molecular weight excluding hydrogens is 630 g/mol. The molecule has 0 aromatic heterocycles. The van der Waals surface area contributed by atoms with Gasteiger partial charge in [0.1, 0.15) is 12.6 Å². The number of carbonyl (C=O) groups is 2. The van der Waals surface area contributed by atoms with Crippen molar-refractivity contribution in [2.75, 3.05) is 10.8 Å². The van der Waals surface area contributed by atoms with Crippen LogP contribution in [-0.2, 0) is 32.6 Å². The Labute approximate surface area is 283 Å². The first kappa shape index (κ1) is 34.2. The van der Waals surface area contributed by atoms with E-state index in [0.717, 1.165) is 58.7 Å². The van der Waals surface area contributed by atoms with Crippen LogP contribution >= 0.6 is 11.6 Å². The average Bonchev–Trinajstić information content (AvgIpc) is 3.08. The van der Waals surface area contributed by atoms with E-state index in [1.165, 1.54) is 12.1 Å². The van der Waals surface area contributed by atoms with Crippen LogP contribution in [0, 0.1) is 13.8 Å². The van der Waals surface area contributed by atoms with Crippen LogP contribution in [0.4, 0.5) is 5.69 Å². The van der Waals surface area contributed by atoms with Gasteiger partial charge in [-0.25, -0.2) is 8.42 Å². The first-order chi connectivity index (χ1) is 22.6. The fraction of sp³-hybridized carbons (Fsp3) is 0.316. The average molecular weight is 672 g/mol. The molecule has 47 heavy (non-hydrogen) atoms. The smallest absolute Gasteiger partial charge is 0.264 e. The van der Waals surface area contributed by atoms with Crippen molar-refractivity contribution in [3.05, 3.63) is 130 Å². The first-order valence-corrected chi connectivity index (χ1v) is 18.0. The number of benzene rings is 4. The minimum atomic E-state index is -4.19. The molecule has 0 bridgehead atoms. The van der Waals surface area contributed by atoms with Crippen molar-refractivity contribution in [3.63, 3.8) is 0 Å². The molecule has 5 rings (SSSR count). The van der Waals surface area contributed by atoms with Gasteiger partial charge in [0.2, 0.25) is 11.8 Å². The van der Waals surface area contributed by atoms with Gasteiger partial charge in [0.05, 0.1) is 10.6 Å². The Morgan fingerprint density at radius 2 is 1.47 bits per heavy atom. The lowest BCUT2D eigenvalue weighted by Gasteiger charge is -2.35. The number of halogens is 1. The van der Waals surface area contributed by atoms with E-state index in [-0.39, 0.29) is 35.5 Å². The number of hydrogen-bond donors (Lipinski definition) is 1. The van der Waals surface area contributed by atoms with Gasteiger partial charge in [-0.3, -0.25) is 13.9 Å². The van der Waals surface area contributed by atoms with Crippen LogP contribution in [0.15, 0.2) is 108 Å². The zero-order valence-corrected chi connectivity index (χ0v) is 28.5. The molecule has 0 spiro atoms. The molecule has 1 saturated carbocycles. The first-order valence-electron chi connectivity index (χ1n) is 16.1. The zero-order chi connectivity index (χ0) is 33.4. The Morgan fingerprint density at radius 1 is 0.830 bits per heavy atom. The summed E-state index contributed by atoms with van der Waals surface area (Å²) in [5, 5.41) is 3.63. The summed E-state index contributed by atoms with van der Waals surface area (Å²) < 4.78 is 29.4. The fourth-order valence-corrected chi connectivity index (χ4v) is 7.58. The molecule has 1 aliphatic rings. The van der Waals surface area contributed by atoms with Crippen LogP contribution in [0.5, 0.6) is 0 Å². The standard InChI is InChI=1S/C38H42ClN3O4S/c1-28-18-21-31(22-19-28)26-41(36(24-30-12-6-3-7-13-30)38(44)40-32-14-8-4-9-15-32)37(43)27-42(33-23-20-29(2)35(39)25-33)47(45,46)34-16-10-5-11-17-34/h3,5-7,10-13,16-23,25,32,36H,4,8-9,14-15,24,26-27H2,1-2H3,(H,40,44)/t36-/m0/s1. The molecular formula is C38H42ClN3O4S. The Bertz CT molecular complexity index is 1760. The monoisotopic (exact) mass is 671 g/mol. The van der Waals surface area contributed by atoms with E-state index in [1.54, 1.807) is 41.3 Å². The summed E-state index contributed by atoms with van der Waals surface area (Å²) in [6, 6.07) is 29.5. The molecule has 1 aliphatic carbocycles. The molecule has 1 N–H and O–H groups in total. The number of anilines is 1. The molecule has 2 amide bonds. The third-order valence-electron chi connectivity index (χ3n) is 8.75. The van der Waals surface area contributed by atoms with E-state index in [4.69, 9.17) is 11.6 Å². The number of nitrogens with zero attached hydrogens (tertiary/aromatic N) is 2. The highest BCUT2D eigenvalue weighted by Crippen LogP contribution is 2.29. The number of hydrogen-bond acceptors (Lipinski definition) is 4. The van der Waals surface area contributed by atoms with Crippen LogP contribution in [0.1, 0.15) is 54.4 Å². The lowest BCUT2D eigenvalue weighted by Crippen LogP contribution is -2.55. The van der Waals surface area contributed by atoms with E-state index in [1.807, 2.05) is 68.4 Å². The number of carbonyl (C=O) groups excluding carboxylic acids is 2. The molecule has 0 unspecified atom stereocenters. The predicted octanol–water partition coefficient (Wildman–Crippen LogP) is 7.24. The molecule has 0 heterocycles. The van der Waals surface area contributed by atoms with Gasteiger partial charge >= 0.3 is 0 Å². The maximum atomic E-state index is 14.7. The van der Waals surface area contributed by atoms with E-state index >= 15 is 0 Å². The largest absolute Gasteiger partial charge is 0.352 e. The SMILES string of the molecule is Cc1ccc(CN(C(=O)CN(c2ccc(C)c(Cl)c2)S(=O)(=O)c2ccccc2)[C@@H](Cc2ccccc2)C(=O)NC2CCCCC2)cc1. The molecule has 9 heteroatoms. The second-order valence-corrected chi connectivity index (χ2v) is 14.6. The van der Waals surface area contributed by atoms with Crippen LogP contribution in [-0.4, -0.2) is 43.8 Å². The molecule has 4 aromatic rings. The van der Waals surface area contributed by atoms with Gasteiger partial charge in [-0.15, -0.1) is 0 Å². The van der Waals surface area contributed by atoms with Gasteiger partial charge in [-0.1, -0.05) is 115 Å². The Balaban J connectivity index is 1.56. The summed E-state index contributed by atoms with van der Waals surface area (Å²) in [5.41, 5.74) is 3.85. The molecule has 7 nitrogen and oxygen atoms in total. The molecule has 1 fully saturated rings. The second-order valence-electron chi connectivity index (χ2n) is 12.3. The maximum Gasteiger partial charge on any atom is 0.264 e. The minimum absolute atomic E-state index is 0.0375. The molecule has 4 aromatic carbocycles. The number of nitrogens with one attached hydrogen (secondary N) is 1. The second kappa shape index (κ2) is 15.6. The summed E-state index contributed by atoms with van der Waals surface area (Å²) in [4.78, 5) is 30.5. The molecule has 1 atom stereocenters. The van der Waals surface area contributed by atoms with E-state index < -0.39 is 28.5 Å². The van der Waals surface area contributed by atoms with E-state index in [0.29, 0.717) is 5.02 Å². The van der Waals surface area contributed by atoms with Gasteiger partial charge in [-0.2, -0.15) is 0 Å². The zero-order valence-electron chi connectivity index (χ0n) is 26.9. The summed E-state index contributed by atoms with van der Waals surface area (Å²) in [5.74, 6) is -0.737. The van der Waals surface area contributed by atoms with Gasteiger partial charge in [0.25, 0.3) is 10.0 Å². The third kappa shape index (κ3) is 8.82. The predicted molar refractivity (Wildman–Crippen MR) is 188 cm³/mol. The summed E-state index contributed by atoms with van der Waals surface area (Å²) >= 11 is 6.48. The van der Waals surface area contributed by atoms with Crippen LogP contribution in [0.2, 0.25) is 5.02 Å². The van der Waals surface area contributed by atoms with Crippen molar-refractivity contribution in [2.45, 2.75) is 75.9 Å². The highest BCUT2D eigenvalue weighted by molar-refractivity contribution is 7.92. The van der Waals surface area contributed by atoms with Crippen LogP contribution < -0.4 is 9.62 Å². The van der Waals surface area contributed by atoms with Gasteiger partial charge < -0.3 is 10.2 Å². The molecule has 0 aliphatic heterocycles. The van der Waals surface area contributed by atoms with Crippen molar-refractivity contribution in [1.82, 2.24) is 10.2 Å².